The highest BCUT2D eigenvalue weighted by Gasteiger charge is 2.42. The first-order chi connectivity index (χ1) is 13.0. The number of nitrogens with one attached hydrogen (secondary N) is 1. The minimum atomic E-state index is 0.0372. The lowest BCUT2D eigenvalue weighted by molar-refractivity contribution is -0.119. The van der Waals surface area contributed by atoms with Crippen molar-refractivity contribution in [2.75, 3.05) is 11.6 Å². The Morgan fingerprint density at radius 3 is 2.74 bits per heavy atom. The Kier molecular flexibility index (Phi) is 5.12. The van der Waals surface area contributed by atoms with Crippen molar-refractivity contribution in [3.8, 4) is 11.4 Å². The van der Waals surface area contributed by atoms with E-state index in [1.54, 1.807) is 0 Å². The van der Waals surface area contributed by atoms with Gasteiger partial charge in [-0.1, -0.05) is 48.0 Å². The monoisotopic (exact) mass is 385 g/mol. The molecule has 4 unspecified atom stereocenters. The zero-order valence-electron chi connectivity index (χ0n) is 15.9. The van der Waals surface area contributed by atoms with Gasteiger partial charge in [0.2, 0.25) is 11.1 Å². The lowest BCUT2D eigenvalue weighted by atomic mass is 9.84. The third-order valence-electron chi connectivity index (χ3n) is 6.13. The smallest absolute Gasteiger partial charge is 0.230 e. The van der Waals surface area contributed by atoms with Crippen LogP contribution in [-0.2, 0) is 4.79 Å². The van der Waals surface area contributed by atoms with Gasteiger partial charge in [0.25, 0.3) is 0 Å². The molecule has 4 atom stereocenters. The molecule has 1 aromatic heterocycles. The fraction of sp³-hybridized carbons (Fsp3) is 0.550. The second kappa shape index (κ2) is 7.54. The largest absolute Gasteiger partial charge is 0.353 e. The highest BCUT2D eigenvalue weighted by Crippen LogP contribution is 2.49. The fourth-order valence-corrected chi connectivity index (χ4v) is 5.38. The maximum absolute atomic E-state index is 12.4. The summed E-state index contributed by atoms with van der Waals surface area (Å²) in [5.41, 5.74) is 2.09. The third kappa shape index (κ3) is 3.83. The molecule has 1 heterocycles. The Labute approximate surface area is 164 Å². The average molecular weight is 386 g/mol. The Balaban J connectivity index is 1.32. The van der Waals surface area contributed by atoms with Crippen molar-refractivity contribution >= 4 is 17.7 Å². The summed E-state index contributed by atoms with van der Waals surface area (Å²) in [7, 11) is 0. The van der Waals surface area contributed by atoms with Crippen LogP contribution in [0.5, 0.6) is 0 Å². The number of rotatable bonds is 6. The molecular weight excluding hydrogens is 358 g/mol. The van der Waals surface area contributed by atoms with Crippen molar-refractivity contribution in [3.63, 3.8) is 0 Å². The molecule has 0 saturated heterocycles. The molecule has 144 valence electrons. The molecule has 6 nitrogen and oxygen atoms in total. The fourth-order valence-electron chi connectivity index (χ4n) is 4.71. The molecule has 2 bridgehead atoms. The lowest BCUT2D eigenvalue weighted by Crippen LogP contribution is -2.41. The SMILES string of the molecule is Cc1ccc(-c2nnc(SCC(=O)NC(C)C3CC4CCC3C4)n2N)cc1. The van der Waals surface area contributed by atoms with Crippen LogP contribution in [0.2, 0.25) is 0 Å². The standard InChI is InChI=1S/C20H27N5OS/c1-12-3-6-15(7-4-12)19-23-24-20(25(19)21)27-11-18(26)22-13(2)17-10-14-5-8-16(17)9-14/h3-4,6-7,13-14,16-17H,5,8-11,21H2,1-2H3,(H,22,26). The van der Waals surface area contributed by atoms with Gasteiger partial charge in [-0.2, -0.15) is 0 Å². The molecule has 1 amide bonds. The highest BCUT2D eigenvalue weighted by molar-refractivity contribution is 7.99. The van der Waals surface area contributed by atoms with Crippen LogP contribution in [0, 0.1) is 24.7 Å². The molecule has 2 aliphatic carbocycles. The number of aromatic nitrogens is 3. The summed E-state index contributed by atoms with van der Waals surface area (Å²) in [5, 5.41) is 12.1. The van der Waals surface area contributed by atoms with E-state index in [1.165, 1.54) is 47.7 Å². The van der Waals surface area contributed by atoms with Gasteiger partial charge in [-0.05, 0) is 50.9 Å². The summed E-state index contributed by atoms with van der Waals surface area (Å²) in [6.45, 7) is 4.18. The first kappa shape index (κ1) is 18.3. The van der Waals surface area contributed by atoms with Gasteiger partial charge in [0.1, 0.15) is 0 Å². The first-order valence-corrected chi connectivity index (χ1v) is 10.7. The van der Waals surface area contributed by atoms with Crippen molar-refractivity contribution in [2.24, 2.45) is 17.8 Å². The molecule has 0 spiro atoms. The molecule has 2 fully saturated rings. The molecule has 3 N–H and O–H groups in total. The van der Waals surface area contributed by atoms with E-state index in [2.05, 4.69) is 22.4 Å². The Morgan fingerprint density at radius 2 is 2.07 bits per heavy atom. The number of fused-ring (bicyclic) bond motifs is 2. The first-order valence-electron chi connectivity index (χ1n) is 9.71. The number of thioether (sulfide) groups is 1. The molecule has 2 saturated carbocycles. The zero-order chi connectivity index (χ0) is 19.0. The molecule has 27 heavy (non-hydrogen) atoms. The van der Waals surface area contributed by atoms with Crippen molar-refractivity contribution in [1.82, 2.24) is 20.2 Å². The number of carbonyl (C=O) groups excluding carboxylic acids is 1. The summed E-state index contributed by atoms with van der Waals surface area (Å²) in [4.78, 5) is 12.4. The van der Waals surface area contributed by atoms with Crippen molar-refractivity contribution in [2.45, 2.75) is 50.7 Å². The van der Waals surface area contributed by atoms with Crippen molar-refractivity contribution in [3.05, 3.63) is 29.8 Å². The predicted octanol–water partition coefficient (Wildman–Crippen LogP) is 3.00. The molecule has 0 radical (unpaired) electrons. The molecule has 4 rings (SSSR count). The minimum Gasteiger partial charge on any atom is -0.353 e. The van der Waals surface area contributed by atoms with Gasteiger partial charge in [-0.3, -0.25) is 4.79 Å². The van der Waals surface area contributed by atoms with E-state index in [-0.39, 0.29) is 11.9 Å². The van der Waals surface area contributed by atoms with Crippen LogP contribution in [0.25, 0.3) is 11.4 Å². The van der Waals surface area contributed by atoms with Crippen LogP contribution in [0.1, 0.15) is 38.2 Å². The van der Waals surface area contributed by atoms with E-state index in [0.29, 0.717) is 22.7 Å². The molecule has 1 aromatic carbocycles. The van der Waals surface area contributed by atoms with E-state index in [9.17, 15) is 4.79 Å². The Hall–Kier alpha value is -2.02. The van der Waals surface area contributed by atoms with Gasteiger partial charge in [0.15, 0.2) is 5.82 Å². The van der Waals surface area contributed by atoms with Crippen LogP contribution in [0.15, 0.2) is 29.4 Å². The molecule has 2 aliphatic rings. The number of aryl methyl sites for hydroxylation is 1. The van der Waals surface area contributed by atoms with Crippen LogP contribution in [0.3, 0.4) is 0 Å². The highest BCUT2D eigenvalue weighted by atomic mass is 32.2. The summed E-state index contributed by atoms with van der Waals surface area (Å²) in [6.07, 6.45) is 5.35. The number of nitrogen functional groups attached to an aromatic ring is 1. The van der Waals surface area contributed by atoms with Gasteiger partial charge in [-0.15, -0.1) is 10.2 Å². The maximum Gasteiger partial charge on any atom is 0.230 e. The molecule has 2 aromatic rings. The van der Waals surface area contributed by atoms with Gasteiger partial charge in [0.05, 0.1) is 5.75 Å². The number of nitrogens with two attached hydrogens (primary N) is 1. The van der Waals surface area contributed by atoms with Crippen molar-refractivity contribution in [1.29, 1.82) is 0 Å². The number of carbonyl (C=O) groups is 1. The summed E-state index contributed by atoms with van der Waals surface area (Å²) in [6, 6.07) is 8.22. The zero-order valence-corrected chi connectivity index (χ0v) is 16.7. The number of amides is 1. The second-order valence-corrected chi connectivity index (χ2v) is 8.97. The van der Waals surface area contributed by atoms with Crippen LogP contribution in [-0.4, -0.2) is 32.6 Å². The van der Waals surface area contributed by atoms with Crippen LogP contribution >= 0.6 is 11.8 Å². The van der Waals surface area contributed by atoms with Gasteiger partial charge >= 0.3 is 0 Å². The quantitative estimate of drug-likeness (QED) is 0.590. The van der Waals surface area contributed by atoms with Crippen LogP contribution in [0.4, 0.5) is 0 Å². The molecule has 7 heteroatoms. The number of hydrogen-bond donors (Lipinski definition) is 2. The minimum absolute atomic E-state index is 0.0372. The molecule has 0 aliphatic heterocycles. The second-order valence-electron chi connectivity index (χ2n) is 8.03. The van der Waals surface area contributed by atoms with E-state index in [4.69, 9.17) is 5.84 Å². The number of benzene rings is 1. The van der Waals surface area contributed by atoms with Crippen LogP contribution < -0.4 is 11.2 Å². The number of nitrogens with zero attached hydrogens (tertiary/aromatic N) is 3. The Bertz CT molecular complexity index is 818. The summed E-state index contributed by atoms with van der Waals surface area (Å²) < 4.78 is 1.46. The van der Waals surface area contributed by atoms with Gasteiger partial charge < -0.3 is 11.2 Å². The van der Waals surface area contributed by atoms with E-state index in [0.717, 1.165) is 17.4 Å². The number of hydrogen-bond acceptors (Lipinski definition) is 5. The van der Waals surface area contributed by atoms with E-state index >= 15 is 0 Å². The normalized spacial score (nSPS) is 24.9. The van der Waals surface area contributed by atoms with Crippen molar-refractivity contribution < 1.29 is 4.79 Å². The molecular formula is C20H27N5OS. The lowest BCUT2D eigenvalue weighted by Gasteiger charge is -2.28. The summed E-state index contributed by atoms with van der Waals surface area (Å²) >= 11 is 1.33. The van der Waals surface area contributed by atoms with Gasteiger partial charge in [0, 0.05) is 11.6 Å². The van der Waals surface area contributed by atoms with E-state index in [1.807, 2.05) is 31.2 Å². The topological polar surface area (TPSA) is 85.8 Å². The predicted molar refractivity (Wildman–Crippen MR) is 108 cm³/mol. The third-order valence-corrected chi connectivity index (χ3v) is 7.07. The maximum atomic E-state index is 12.4. The average Bonchev–Trinajstić information content (AvgIpc) is 3.37. The van der Waals surface area contributed by atoms with Gasteiger partial charge in [-0.25, -0.2) is 4.68 Å². The Morgan fingerprint density at radius 1 is 1.30 bits per heavy atom. The van der Waals surface area contributed by atoms with E-state index < -0.39 is 0 Å². The summed E-state index contributed by atoms with van der Waals surface area (Å²) in [5.74, 6) is 9.43.